The van der Waals surface area contributed by atoms with Crippen LogP contribution in [-0.2, 0) is 14.8 Å². The Balaban J connectivity index is 2.51. The number of sulfonamides is 1. The molecule has 0 atom stereocenters. The molecule has 0 bridgehead atoms. The largest absolute Gasteiger partial charge is 0.314 e. The number of benzene rings is 2. The Kier molecular flexibility index (Phi) is 4.99. The third-order valence-electron chi connectivity index (χ3n) is 3.86. The highest BCUT2D eigenvalue weighted by Gasteiger charge is 2.22. The lowest BCUT2D eigenvalue weighted by atomic mass is 10.1. The van der Waals surface area contributed by atoms with E-state index >= 15 is 0 Å². The van der Waals surface area contributed by atoms with E-state index in [9.17, 15) is 13.2 Å². The molecule has 0 aliphatic rings. The highest BCUT2D eigenvalue weighted by Crippen LogP contribution is 2.29. The van der Waals surface area contributed by atoms with Crippen LogP contribution >= 0.6 is 0 Å². The van der Waals surface area contributed by atoms with Gasteiger partial charge in [0, 0.05) is 14.0 Å². The first-order valence-corrected chi connectivity index (χ1v) is 9.06. The number of rotatable bonds is 4. The Labute approximate surface area is 143 Å². The van der Waals surface area contributed by atoms with Crippen LogP contribution in [0.1, 0.15) is 23.6 Å². The van der Waals surface area contributed by atoms with Gasteiger partial charge in [-0.3, -0.25) is 9.52 Å². The van der Waals surface area contributed by atoms with Crippen LogP contribution in [0.3, 0.4) is 0 Å². The van der Waals surface area contributed by atoms with Crippen molar-refractivity contribution in [2.45, 2.75) is 32.6 Å². The number of amides is 1. The molecule has 0 fully saturated rings. The molecule has 0 heterocycles. The summed E-state index contributed by atoms with van der Waals surface area (Å²) in [6.45, 7) is 6.92. The molecule has 0 radical (unpaired) electrons. The van der Waals surface area contributed by atoms with Crippen LogP contribution in [0.25, 0.3) is 0 Å². The minimum atomic E-state index is -3.76. The van der Waals surface area contributed by atoms with Gasteiger partial charge >= 0.3 is 0 Å². The van der Waals surface area contributed by atoms with E-state index < -0.39 is 10.0 Å². The number of carbonyl (C=O) groups excluding carboxylic acids is 1. The van der Waals surface area contributed by atoms with Crippen LogP contribution < -0.4 is 9.62 Å². The zero-order chi connectivity index (χ0) is 18.1. The number of nitrogens with one attached hydrogen (secondary N) is 1. The highest BCUT2D eigenvalue weighted by molar-refractivity contribution is 7.92. The number of aryl methyl sites for hydroxylation is 3. The second-order valence-electron chi connectivity index (χ2n) is 5.93. The lowest BCUT2D eigenvalue weighted by Crippen LogP contribution is -2.25. The molecule has 0 spiro atoms. The Morgan fingerprint density at radius 1 is 1.04 bits per heavy atom. The van der Waals surface area contributed by atoms with Crippen molar-refractivity contribution >= 4 is 27.3 Å². The van der Waals surface area contributed by atoms with Crippen LogP contribution in [0.2, 0.25) is 0 Å². The Bertz CT molecular complexity index is 866. The van der Waals surface area contributed by atoms with Gasteiger partial charge in [-0.05, 0) is 44.0 Å². The van der Waals surface area contributed by atoms with Crippen LogP contribution in [0.4, 0.5) is 11.4 Å². The summed E-state index contributed by atoms with van der Waals surface area (Å²) in [7, 11) is -2.15. The molecule has 24 heavy (non-hydrogen) atoms. The van der Waals surface area contributed by atoms with Gasteiger partial charge in [0.25, 0.3) is 10.0 Å². The maximum Gasteiger partial charge on any atom is 0.262 e. The Morgan fingerprint density at radius 2 is 1.58 bits per heavy atom. The van der Waals surface area contributed by atoms with Crippen LogP contribution in [0, 0.1) is 20.8 Å². The van der Waals surface area contributed by atoms with Gasteiger partial charge in [-0.25, -0.2) is 8.42 Å². The monoisotopic (exact) mass is 346 g/mol. The van der Waals surface area contributed by atoms with E-state index in [1.54, 1.807) is 45.2 Å². The van der Waals surface area contributed by atoms with Gasteiger partial charge in [-0.15, -0.1) is 0 Å². The van der Waals surface area contributed by atoms with Crippen molar-refractivity contribution in [3.8, 4) is 0 Å². The zero-order valence-corrected chi connectivity index (χ0v) is 15.4. The maximum atomic E-state index is 12.9. The number of carbonyl (C=O) groups is 1. The van der Waals surface area contributed by atoms with Crippen LogP contribution in [0.5, 0.6) is 0 Å². The first kappa shape index (κ1) is 18.0. The van der Waals surface area contributed by atoms with Crippen molar-refractivity contribution in [1.82, 2.24) is 0 Å². The molecule has 1 amide bonds. The number of hydrogen-bond acceptors (Lipinski definition) is 3. The van der Waals surface area contributed by atoms with Crippen molar-refractivity contribution in [3.05, 3.63) is 53.1 Å². The van der Waals surface area contributed by atoms with Crippen molar-refractivity contribution in [2.24, 2.45) is 0 Å². The normalized spacial score (nSPS) is 11.2. The predicted molar refractivity (Wildman–Crippen MR) is 97.0 cm³/mol. The average molecular weight is 346 g/mol. The summed E-state index contributed by atoms with van der Waals surface area (Å²) in [6.07, 6.45) is 0. The summed E-state index contributed by atoms with van der Waals surface area (Å²) in [4.78, 5) is 13.3. The molecule has 2 rings (SSSR count). The average Bonchev–Trinajstić information content (AvgIpc) is 2.45. The zero-order valence-electron chi connectivity index (χ0n) is 14.5. The van der Waals surface area contributed by atoms with Crippen LogP contribution in [-0.4, -0.2) is 21.4 Å². The smallest absolute Gasteiger partial charge is 0.262 e. The van der Waals surface area contributed by atoms with E-state index in [-0.39, 0.29) is 10.8 Å². The van der Waals surface area contributed by atoms with Crippen LogP contribution in [0.15, 0.2) is 41.3 Å². The SMILES string of the molecule is CC(=O)N(C)c1ccccc1NS(=O)(=O)c1c(C)cc(C)cc1C. The first-order chi connectivity index (χ1) is 11.1. The predicted octanol–water partition coefficient (Wildman–Crippen LogP) is 3.40. The van der Waals surface area contributed by atoms with Crippen molar-refractivity contribution in [3.63, 3.8) is 0 Å². The number of nitrogens with zero attached hydrogens (tertiary/aromatic N) is 1. The van der Waals surface area contributed by atoms with E-state index in [2.05, 4.69) is 4.72 Å². The topological polar surface area (TPSA) is 66.5 Å². The standard InChI is InChI=1S/C18H22N2O3S/c1-12-10-13(2)18(14(3)11-12)24(22,23)19-16-8-6-7-9-17(16)20(5)15(4)21/h6-11,19H,1-5H3. The summed E-state index contributed by atoms with van der Waals surface area (Å²) in [5, 5.41) is 0. The summed E-state index contributed by atoms with van der Waals surface area (Å²) in [5.74, 6) is -0.177. The highest BCUT2D eigenvalue weighted by atomic mass is 32.2. The molecule has 0 aromatic heterocycles. The molecule has 128 valence electrons. The summed E-state index contributed by atoms with van der Waals surface area (Å²) < 4.78 is 28.4. The molecule has 0 saturated carbocycles. The molecule has 1 N–H and O–H groups in total. The minimum absolute atomic E-state index is 0.177. The number of para-hydroxylation sites is 2. The third kappa shape index (κ3) is 3.59. The minimum Gasteiger partial charge on any atom is -0.314 e. The molecule has 6 heteroatoms. The summed E-state index contributed by atoms with van der Waals surface area (Å²) in [6, 6.07) is 10.5. The fourth-order valence-electron chi connectivity index (χ4n) is 2.81. The second-order valence-corrected chi connectivity index (χ2v) is 7.55. The molecule has 2 aromatic rings. The first-order valence-electron chi connectivity index (χ1n) is 7.57. The molecular weight excluding hydrogens is 324 g/mol. The number of anilines is 2. The van der Waals surface area contributed by atoms with E-state index in [1.807, 2.05) is 19.1 Å². The number of hydrogen-bond donors (Lipinski definition) is 1. The van der Waals surface area contributed by atoms with Gasteiger partial charge < -0.3 is 4.90 Å². The lowest BCUT2D eigenvalue weighted by Gasteiger charge is -2.21. The van der Waals surface area contributed by atoms with Gasteiger partial charge in [0.1, 0.15) is 0 Å². The summed E-state index contributed by atoms with van der Waals surface area (Å²) >= 11 is 0. The quantitative estimate of drug-likeness (QED) is 0.923. The summed E-state index contributed by atoms with van der Waals surface area (Å²) in [5.41, 5.74) is 3.28. The molecule has 0 saturated heterocycles. The van der Waals surface area contributed by atoms with E-state index in [1.165, 1.54) is 11.8 Å². The van der Waals surface area contributed by atoms with E-state index in [0.29, 0.717) is 22.5 Å². The fourth-order valence-corrected chi connectivity index (χ4v) is 4.34. The van der Waals surface area contributed by atoms with Gasteiger partial charge in [0.2, 0.25) is 5.91 Å². The Morgan fingerprint density at radius 3 is 2.12 bits per heavy atom. The van der Waals surface area contributed by atoms with Crippen molar-refractivity contribution < 1.29 is 13.2 Å². The molecule has 5 nitrogen and oxygen atoms in total. The van der Waals surface area contributed by atoms with Crippen molar-refractivity contribution in [1.29, 1.82) is 0 Å². The molecule has 0 unspecified atom stereocenters. The third-order valence-corrected chi connectivity index (χ3v) is 5.53. The van der Waals surface area contributed by atoms with Gasteiger partial charge in [0.05, 0.1) is 16.3 Å². The maximum absolute atomic E-state index is 12.9. The van der Waals surface area contributed by atoms with Gasteiger partial charge in [0.15, 0.2) is 0 Å². The van der Waals surface area contributed by atoms with Crippen molar-refractivity contribution in [2.75, 3.05) is 16.7 Å². The molecule has 0 aliphatic heterocycles. The fraction of sp³-hybridized carbons (Fsp3) is 0.278. The second kappa shape index (κ2) is 6.65. The van der Waals surface area contributed by atoms with E-state index in [0.717, 1.165) is 5.56 Å². The molecular formula is C18H22N2O3S. The van der Waals surface area contributed by atoms with Gasteiger partial charge in [-0.2, -0.15) is 0 Å². The molecule has 0 aliphatic carbocycles. The Hall–Kier alpha value is -2.34. The van der Waals surface area contributed by atoms with E-state index in [4.69, 9.17) is 0 Å². The lowest BCUT2D eigenvalue weighted by molar-refractivity contribution is -0.116. The van der Waals surface area contributed by atoms with Gasteiger partial charge in [-0.1, -0.05) is 29.8 Å². The molecule has 2 aromatic carbocycles.